The van der Waals surface area contributed by atoms with Gasteiger partial charge in [0.25, 0.3) is 0 Å². The Morgan fingerprint density at radius 3 is 2.23 bits per heavy atom. The molecule has 164 valence electrons. The van der Waals surface area contributed by atoms with Crippen molar-refractivity contribution < 1.29 is 29.5 Å². The van der Waals surface area contributed by atoms with Crippen molar-refractivity contribution >= 4 is 23.1 Å². The maximum Gasteiger partial charge on any atom is 0.230 e. The highest BCUT2D eigenvalue weighted by Gasteiger charge is 2.19. The van der Waals surface area contributed by atoms with E-state index in [9.17, 15) is 4.79 Å². The van der Waals surface area contributed by atoms with Crippen molar-refractivity contribution in [2.75, 3.05) is 40.3 Å². The topological polar surface area (TPSA) is 107 Å². The summed E-state index contributed by atoms with van der Waals surface area (Å²) < 4.78 is 26.4. The highest BCUT2D eigenvalue weighted by atomic mass is 32.1. The number of carbonyl (C=O) groups excluding carboxylic acids is 1. The van der Waals surface area contributed by atoms with E-state index in [1.807, 2.05) is 35.7 Å². The van der Waals surface area contributed by atoms with E-state index >= 15 is 0 Å². The quantitative estimate of drug-likeness (QED) is 0.525. The Balaban J connectivity index is 2.07. The number of hydrogen-bond acceptors (Lipinski definition) is 7. The van der Waals surface area contributed by atoms with Crippen LogP contribution in [-0.4, -0.2) is 45.3 Å². The number of ether oxygens (including phenoxy) is 4. The molecule has 3 rings (SSSR count). The van der Waals surface area contributed by atoms with Crippen molar-refractivity contribution in [3.05, 3.63) is 35.7 Å². The van der Waals surface area contributed by atoms with Gasteiger partial charge < -0.3 is 30.0 Å². The van der Waals surface area contributed by atoms with E-state index in [1.54, 1.807) is 28.4 Å². The number of carbonyl (C=O) groups is 1. The van der Waals surface area contributed by atoms with Gasteiger partial charge in [-0.1, -0.05) is 6.07 Å². The molecule has 2 aromatic carbocycles. The first-order valence-electron chi connectivity index (χ1n) is 9.58. The molecule has 31 heavy (non-hydrogen) atoms. The molecule has 0 saturated heterocycles. The average molecular weight is 445 g/mol. The average Bonchev–Trinajstić information content (AvgIpc) is 3.28. The van der Waals surface area contributed by atoms with Gasteiger partial charge in [0.1, 0.15) is 5.75 Å². The van der Waals surface area contributed by atoms with Crippen LogP contribution in [0.3, 0.4) is 0 Å². The molecule has 4 N–H and O–H groups in total. The zero-order valence-corrected chi connectivity index (χ0v) is 18.8. The lowest BCUT2D eigenvalue weighted by molar-refractivity contribution is -0.365. The SMILES string of the molecule is COc1ccc(-c2csnc2-c2cc(OC)c(OC)c(OC)c2)cc1NC(=O)CC[NH3+]. The van der Waals surface area contributed by atoms with E-state index in [0.29, 0.717) is 41.7 Å². The Labute approximate surface area is 185 Å². The Morgan fingerprint density at radius 2 is 1.65 bits per heavy atom. The molecule has 8 nitrogen and oxygen atoms in total. The molecule has 0 aliphatic heterocycles. The summed E-state index contributed by atoms with van der Waals surface area (Å²) in [6.45, 7) is 0.521. The number of benzene rings is 2. The van der Waals surface area contributed by atoms with Gasteiger partial charge in [0.2, 0.25) is 11.7 Å². The molecule has 0 aliphatic carbocycles. The summed E-state index contributed by atoms with van der Waals surface area (Å²) in [6, 6.07) is 9.36. The molecular weight excluding hydrogens is 418 g/mol. The zero-order chi connectivity index (χ0) is 22.4. The van der Waals surface area contributed by atoms with Crippen LogP contribution in [0, 0.1) is 0 Å². The van der Waals surface area contributed by atoms with Gasteiger partial charge in [-0.3, -0.25) is 4.79 Å². The largest absolute Gasteiger partial charge is 0.495 e. The number of aromatic nitrogens is 1. The molecule has 1 amide bonds. The van der Waals surface area contributed by atoms with Gasteiger partial charge in [-0.2, -0.15) is 4.37 Å². The van der Waals surface area contributed by atoms with Crippen LogP contribution in [0.4, 0.5) is 5.69 Å². The summed E-state index contributed by atoms with van der Waals surface area (Å²) >= 11 is 1.34. The highest BCUT2D eigenvalue weighted by Crippen LogP contribution is 2.44. The Morgan fingerprint density at radius 1 is 0.968 bits per heavy atom. The summed E-state index contributed by atoms with van der Waals surface area (Å²) in [4.78, 5) is 12.1. The first-order valence-corrected chi connectivity index (χ1v) is 10.4. The van der Waals surface area contributed by atoms with Gasteiger partial charge >= 0.3 is 0 Å². The lowest BCUT2D eigenvalue weighted by Crippen LogP contribution is -2.51. The molecule has 0 fully saturated rings. The van der Waals surface area contributed by atoms with E-state index in [4.69, 9.17) is 18.9 Å². The van der Waals surface area contributed by atoms with E-state index in [0.717, 1.165) is 22.4 Å². The van der Waals surface area contributed by atoms with Crippen molar-refractivity contribution in [3.63, 3.8) is 0 Å². The van der Waals surface area contributed by atoms with E-state index < -0.39 is 0 Å². The van der Waals surface area contributed by atoms with Crippen LogP contribution in [0.1, 0.15) is 6.42 Å². The van der Waals surface area contributed by atoms with E-state index in [2.05, 4.69) is 15.4 Å². The van der Waals surface area contributed by atoms with E-state index in [1.165, 1.54) is 11.5 Å². The number of nitrogens with one attached hydrogen (secondary N) is 1. The summed E-state index contributed by atoms with van der Waals surface area (Å²) in [6.07, 6.45) is 0.337. The Kier molecular flexibility index (Phi) is 7.32. The molecule has 0 saturated carbocycles. The minimum Gasteiger partial charge on any atom is -0.495 e. The van der Waals surface area contributed by atoms with Gasteiger partial charge in [0.15, 0.2) is 11.5 Å². The van der Waals surface area contributed by atoms with Crippen LogP contribution in [0.25, 0.3) is 22.4 Å². The van der Waals surface area contributed by atoms with Crippen molar-refractivity contribution in [1.29, 1.82) is 0 Å². The summed E-state index contributed by atoms with van der Waals surface area (Å²) in [7, 11) is 6.29. The van der Waals surface area contributed by atoms with Gasteiger partial charge in [-0.15, -0.1) is 0 Å². The fourth-order valence-electron chi connectivity index (χ4n) is 3.21. The first kappa shape index (κ1) is 22.4. The fraction of sp³-hybridized carbons (Fsp3) is 0.273. The molecule has 0 unspecified atom stereocenters. The van der Waals surface area contributed by atoms with Crippen LogP contribution in [-0.2, 0) is 4.79 Å². The Hall–Kier alpha value is -3.30. The number of nitrogens with zero attached hydrogens (tertiary/aromatic N) is 1. The fourth-order valence-corrected chi connectivity index (χ4v) is 3.93. The van der Waals surface area contributed by atoms with Crippen LogP contribution in [0.5, 0.6) is 23.0 Å². The van der Waals surface area contributed by atoms with Crippen molar-refractivity contribution in [2.24, 2.45) is 0 Å². The van der Waals surface area contributed by atoms with Crippen molar-refractivity contribution in [1.82, 2.24) is 4.37 Å². The van der Waals surface area contributed by atoms with E-state index in [-0.39, 0.29) is 5.91 Å². The summed E-state index contributed by atoms with van der Waals surface area (Å²) in [5.74, 6) is 2.08. The maximum absolute atomic E-state index is 12.1. The molecule has 9 heteroatoms. The minimum atomic E-state index is -0.112. The monoisotopic (exact) mass is 444 g/mol. The molecular formula is C22H26N3O5S+. The predicted molar refractivity (Wildman–Crippen MR) is 120 cm³/mol. The number of amides is 1. The molecule has 0 bridgehead atoms. The van der Waals surface area contributed by atoms with Gasteiger partial charge in [0.05, 0.1) is 52.8 Å². The molecule has 0 spiro atoms. The van der Waals surface area contributed by atoms with Crippen LogP contribution in [0.15, 0.2) is 35.7 Å². The third-order valence-corrected chi connectivity index (χ3v) is 5.33. The zero-order valence-electron chi connectivity index (χ0n) is 18.0. The predicted octanol–water partition coefficient (Wildman–Crippen LogP) is 3.08. The maximum atomic E-state index is 12.1. The van der Waals surface area contributed by atoms with Crippen LogP contribution < -0.4 is 30.0 Å². The Bertz CT molecular complexity index is 1040. The van der Waals surface area contributed by atoms with Crippen molar-refractivity contribution in [3.8, 4) is 45.4 Å². The normalized spacial score (nSPS) is 10.5. The molecule has 0 aliphatic rings. The third-order valence-electron chi connectivity index (χ3n) is 4.70. The highest BCUT2D eigenvalue weighted by molar-refractivity contribution is 7.04. The third kappa shape index (κ3) is 4.73. The number of methoxy groups -OCH3 is 4. The number of anilines is 1. The molecule has 0 radical (unpaired) electrons. The van der Waals surface area contributed by atoms with Gasteiger partial charge in [0, 0.05) is 16.5 Å². The smallest absolute Gasteiger partial charge is 0.230 e. The molecule has 0 atom stereocenters. The number of quaternary nitrogens is 1. The molecule has 1 heterocycles. The molecule has 1 aromatic heterocycles. The minimum absolute atomic E-state index is 0.112. The number of hydrogen-bond donors (Lipinski definition) is 2. The number of rotatable bonds is 9. The second-order valence-corrected chi connectivity index (χ2v) is 7.19. The summed E-state index contributed by atoms with van der Waals surface area (Å²) in [5.41, 5.74) is 7.72. The first-order chi connectivity index (χ1) is 15.1. The van der Waals surface area contributed by atoms with Crippen molar-refractivity contribution in [2.45, 2.75) is 6.42 Å². The second kappa shape index (κ2) is 10.1. The van der Waals surface area contributed by atoms with Gasteiger partial charge in [-0.05, 0) is 41.4 Å². The standard InChI is InChI=1S/C22H25N3O5S/c1-27-17-6-5-13(9-16(17)24-20(26)7-8-23)15-12-31-25-21(15)14-10-18(28-2)22(30-4)19(11-14)29-3/h5-6,9-12H,7-8,23H2,1-4H3,(H,24,26)/p+1. The molecule has 3 aromatic rings. The lowest BCUT2D eigenvalue weighted by atomic mass is 10.0. The van der Waals surface area contributed by atoms with Crippen LogP contribution >= 0.6 is 11.5 Å². The lowest BCUT2D eigenvalue weighted by Gasteiger charge is -2.15. The summed E-state index contributed by atoms with van der Waals surface area (Å²) in [5, 5.41) is 4.86. The second-order valence-electron chi connectivity index (χ2n) is 6.56. The van der Waals surface area contributed by atoms with Gasteiger partial charge in [-0.25, -0.2) is 0 Å². The van der Waals surface area contributed by atoms with Crippen LogP contribution in [0.2, 0.25) is 0 Å².